The number of aliphatic imine (C=N–C) groups is 1. The molecule has 1 saturated heterocycles. The van der Waals surface area contributed by atoms with E-state index in [-0.39, 0.29) is 18.0 Å². The summed E-state index contributed by atoms with van der Waals surface area (Å²) in [6.07, 6.45) is 0.0125. The van der Waals surface area contributed by atoms with Gasteiger partial charge in [0.25, 0.3) is 0 Å². The fourth-order valence-electron chi connectivity index (χ4n) is 2.46. The molecule has 2 aromatic rings. The van der Waals surface area contributed by atoms with Crippen molar-refractivity contribution < 1.29 is 18.7 Å². The van der Waals surface area contributed by atoms with Gasteiger partial charge in [0.1, 0.15) is 16.8 Å². The molecule has 1 atom stereocenters. The summed E-state index contributed by atoms with van der Waals surface area (Å²) in [6.45, 7) is 0. The molecule has 0 aromatic heterocycles. The number of para-hydroxylation sites is 1. The smallest absolute Gasteiger partial charge is 0.238 e. The number of thioether (sulfide) groups is 1. The molecule has 2 aromatic carbocycles. The molecule has 2 amide bonds. The predicted octanol–water partition coefficient (Wildman–Crippen LogP) is 3.42. The van der Waals surface area contributed by atoms with Gasteiger partial charge in [-0.25, -0.2) is 9.38 Å². The van der Waals surface area contributed by atoms with Gasteiger partial charge >= 0.3 is 0 Å². The Morgan fingerprint density at radius 1 is 1.30 bits per heavy atom. The van der Waals surface area contributed by atoms with Crippen LogP contribution in [0.15, 0.2) is 53.5 Å². The summed E-state index contributed by atoms with van der Waals surface area (Å²) in [7, 11) is 3.17. The maximum atomic E-state index is 13.8. The van der Waals surface area contributed by atoms with Gasteiger partial charge in [-0.1, -0.05) is 30.0 Å². The van der Waals surface area contributed by atoms with E-state index < -0.39 is 17.0 Å². The molecular formula is C19H18FN3O3S. The quantitative estimate of drug-likeness (QED) is 0.873. The van der Waals surface area contributed by atoms with Crippen LogP contribution in [-0.4, -0.2) is 41.3 Å². The average molecular weight is 387 g/mol. The second kappa shape index (κ2) is 8.22. The van der Waals surface area contributed by atoms with E-state index in [0.29, 0.717) is 16.6 Å². The van der Waals surface area contributed by atoms with Gasteiger partial charge < -0.3 is 10.1 Å². The number of amidine groups is 1. The number of amides is 2. The molecule has 1 heterocycles. The molecule has 1 fully saturated rings. The third-order valence-corrected chi connectivity index (χ3v) is 5.21. The van der Waals surface area contributed by atoms with E-state index in [0.717, 1.165) is 11.8 Å². The van der Waals surface area contributed by atoms with E-state index in [4.69, 9.17) is 4.74 Å². The summed E-state index contributed by atoms with van der Waals surface area (Å²) in [5, 5.41) is 2.24. The number of ether oxygens (including phenoxy) is 1. The lowest BCUT2D eigenvalue weighted by atomic mass is 10.2. The van der Waals surface area contributed by atoms with Crippen LogP contribution in [0.3, 0.4) is 0 Å². The summed E-state index contributed by atoms with van der Waals surface area (Å²) in [4.78, 5) is 30.7. The normalized spacial score (nSPS) is 18.5. The van der Waals surface area contributed by atoms with Crippen LogP contribution in [0.4, 0.5) is 15.8 Å². The Morgan fingerprint density at radius 3 is 2.81 bits per heavy atom. The molecule has 1 aliphatic heterocycles. The highest BCUT2D eigenvalue weighted by Crippen LogP contribution is 2.30. The SMILES string of the molecule is COc1cccc(N=C2SC(C(=O)Nc3ccccc3F)CC(=O)N2C)c1. The van der Waals surface area contributed by atoms with E-state index in [9.17, 15) is 14.0 Å². The Kier molecular flexibility index (Phi) is 5.75. The summed E-state index contributed by atoms with van der Waals surface area (Å²) in [5.74, 6) is -0.560. The van der Waals surface area contributed by atoms with E-state index in [1.807, 2.05) is 0 Å². The van der Waals surface area contributed by atoms with Crippen molar-refractivity contribution in [1.29, 1.82) is 0 Å². The van der Waals surface area contributed by atoms with Crippen molar-refractivity contribution in [3.05, 3.63) is 54.3 Å². The molecule has 0 saturated carbocycles. The van der Waals surface area contributed by atoms with Crippen molar-refractivity contribution >= 4 is 40.1 Å². The average Bonchev–Trinajstić information content (AvgIpc) is 2.67. The highest BCUT2D eigenvalue weighted by atomic mass is 32.2. The van der Waals surface area contributed by atoms with E-state index in [1.54, 1.807) is 44.5 Å². The predicted molar refractivity (Wildman–Crippen MR) is 104 cm³/mol. The fourth-order valence-corrected chi connectivity index (χ4v) is 3.53. The molecule has 3 rings (SSSR count). The minimum absolute atomic E-state index is 0.0125. The Balaban J connectivity index is 1.80. The van der Waals surface area contributed by atoms with Gasteiger partial charge in [0, 0.05) is 19.5 Å². The summed E-state index contributed by atoms with van der Waals surface area (Å²) in [5.41, 5.74) is 0.687. The first-order valence-electron chi connectivity index (χ1n) is 8.19. The van der Waals surface area contributed by atoms with Crippen molar-refractivity contribution in [2.24, 2.45) is 4.99 Å². The monoisotopic (exact) mass is 387 g/mol. The largest absolute Gasteiger partial charge is 0.497 e. The Bertz CT molecular complexity index is 903. The minimum Gasteiger partial charge on any atom is -0.497 e. The second-order valence-electron chi connectivity index (χ2n) is 5.83. The first-order chi connectivity index (χ1) is 13.0. The van der Waals surface area contributed by atoms with Gasteiger partial charge in [0.2, 0.25) is 11.8 Å². The Morgan fingerprint density at radius 2 is 2.07 bits per heavy atom. The molecule has 0 radical (unpaired) electrons. The van der Waals surface area contributed by atoms with Gasteiger partial charge in [-0.15, -0.1) is 0 Å². The van der Waals surface area contributed by atoms with Crippen LogP contribution >= 0.6 is 11.8 Å². The van der Waals surface area contributed by atoms with Gasteiger partial charge in [0.15, 0.2) is 5.17 Å². The number of halogens is 1. The van der Waals surface area contributed by atoms with Crippen LogP contribution in [-0.2, 0) is 9.59 Å². The summed E-state index contributed by atoms with van der Waals surface area (Å²) in [6, 6.07) is 13.0. The van der Waals surface area contributed by atoms with Crippen molar-refractivity contribution in [3.8, 4) is 5.75 Å². The zero-order chi connectivity index (χ0) is 19.4. The first kappa shape index (κ1) is 18.9. The van der Waals surface area contributed by atoms with Crippen LogP contribution < -0.4 is 10.1 Å². The molecule has 0 aliphatic carbocycles. The van der Waals surface area contributed by atoms with Gasteiger partial charge in [0.05, 0.1) is 18.5 Å². The standard InChI is InChI=1S/C19H18FN3O3S/c1-23-17(24)11-16(18(25)22-15-9-4-3-8-14(15)20)27-19(23)21-12-6-5-7-13(10-12)26-2/h3-10,16H,11H2,1-2H3,(H,22,25). The number of carbonyl (C=O) groups excluding carboxylic acids is 2. The molecule has 1 unspecified atom stereocenters. The zero-order valence-electron chi connectivity index (χ0n) is 14.8. The van der Waals surface area contributed by atoms with Crippen molar-refractivity contribution in [3.63, 3.8) is 0 Å². The minimum atomic E-state index is -0.697. The fraction of sp³-hybridized carbons (Fsp3) is 0.211. The molecule has 140 valence electrons. The Labute approximate surface area is 160 Å². The third kappa shape index (κ3) is 4.46. The number of hydrogen-bond acceptors (Lipinski definition) is 5. The van der Waals surface area contributed by atoms with Crippen molar-refractivity contribution in [2.45, 2.75) is 11.7 Å². The van der Waals surface area contributed by atoms with Crippen LogP contribution in [0.25, 0.3) is 0 Å². The van der Waals surface area contributed by atoms with Crippen LogP contribution in [0, 0.1) is 5.82 Å². The summed E-state index contributed by atoms with van der Waals surface area (Å²) < 4.78 is 18.9. The number of nitrogens with one attached hydrogen (secondary N) is 1. The Hall–Kier alpha value is -2.87. The van der Waals surface area contributed by atoms with E-state index in [1.165, 1.54) is 23.1 Å². The highest BCUT2D eigenvalue weighted by molar-refractivity contribution is 8.15. The van der Waals surface area contributed by atoms with E-state index >= 15 is 0 Å². The third-order valence-electron chi connectivity index (χ3n) is 3.97. The molecule has 8 heteroatoms. The van der Waals surface area contributed by atoms with Crippen LogP contribution in [0.5, 0.6) is 5.75 Å². The molecule has 6 nitrogen and oxygen atoms in total. The molecule has 0 spiro atoms. The van der Waals surface area contributed by atoms with Gasteiger partial charge in [-0.3, -0.25) is 14.5 Å². The molecule has 1 N–H and O–H groups in total. The van der Waals surface area contributed by atoms with Crippen LogP contribution in [0.1, 0.15) is 6.42 Å². The topological polar surface area (TPSA) is 71.0 Å². The molecule has 1 aliphatic rings. The number of hydrogen-bond donors (Lipinski definition) is 1. The zero-order valence-corrected chi connectivity index (χ0v) is 15.6. The highest BCUT2D eigenvalue weighted by Gasteiger charge is 2.34. The maximum Gasteiger partial charge on any atom is 0.238 e. The number of benzene rings is 2. The molecule has 0 bridgehead atoms. The van der Waals surface area contributed by atoms with E-state index in [2.05, 4.69) is 10.3 Å². The molecule has 27 heavy (non-hydrogen) atoms. The number of methoxy groups -OCH3 is 1. The first-order valence-corrected chi connectivity index (χ1v) is 9.07. The maximum absolute atomic E-state index is 13.8. The lowest BCUT2D eigenvalue weighted by Gasteiger charge is -2.28. The van der Waals surface area contributed by atoms with Crippen molar-refractivity contribution in [2.75, 3.05) is 19.5 Å². The van der Waals surface area contributed by atoms with Gasteiger partial charge in [-0.05, 0) is 24.3 Å². The number of anilines is 1. The summed E-state index contributed by atoms with van der Waals surface area (Å²) >= 11 is 1.16. The van der Waals surface area contributed by atoms with Crippen LogP contribution in [0.2, 0.25) is 0 Å². The second-order valence-corrected chi connectivity index (χ2v) is 7.00. The number of nitrogens with zero attached hydrogens (tertiary/aromatic N) is 2. The number of rotatable bonds is 4. The molecular weight excluding hydrogens is 369 g/mol. The lowest BCUT2D eigenvalue weighted by molar-refractivity contribution is -0.128. The lowest BCUT2D eigenvalue weighted by Crippen LogP contribution is -2.43. The van der Waals surface area contributed by atoms with Gasteiger partial charge in [-0.2, -0.15) is 0 Å². The number of carbonyl (C=O) groups is 2. The van der Waals surface area contributed by atoms with Crippen molar-refractivity contribution in [1.82, 2.24) is 4.90 Å².